The van der Waals surface area contributed by atoms with E-state index in [0.717, 1.165) is 5.56 Å². The van der Waals surface area contributed by atoms with E-state index in [2.05, 4.69) is 10.5 Å². The van der Waals surface area contributed by atoms with Crippen molar-refractivity contribution in [3.63, 3.8) is 0 Å². The van der Waals surface area contributed by atoms with Gasteiger partial charge in [-0.15, -0.1) is 0 Å². The van der Waals surface area contributed by atoms with Gasteiger partial charge in [0.05, 0.1) is 16.7 Å². The van der Waals surface area contributed by atoms with Crippen molar-refractivity contribution in [2.45, 2.75) is 24.7 Å². The van der Waals surface area contributed by atoms with Gasteiger partial charge in [0.2, 0.25) is 15.9 Å². The van der Waals surface area contributed by atoms with Crippen LogP contribution in [-0.4, -0.2) is 49.0 Å². The van der Waals surface area contributed by atoms with Crippen molar-refractivity contribution in [1.29, 1.82) is 0 Å². The molecule has 3 rings (SSSR count). The van der Waals surface area contributed by atoms with E-state index in [1.54, 1.807) is 42.5 Å². The van der Waals surface area contributed by atoms with E-state index in [4.69, 9.17) is 5.11 Å². The molecule has 0 saturated carbocycles. The summed E-state index contributed by atoms with van der Waals surface area (Å²) in [6.07, 6.45) is 2.06. The second kappa shape index (κ2) is 9.19. The van der Waals surface area contributed by atoms with Gasteiger partial charge >= 0.3 is 5.97 Å². The maximum atomic E-state index is 12.7. The molecule has 0 unspecified atom stereocenters. The summed E-state index contributed by atoms with van der Waals surface area (Å²) < 4.78 is 26.9. The molecule has 1 aliphatic heterocycles. The summed E-state index contributed by atoms with van der Waals surface area (Å²) in [6.45, 7) is 2.39. The number of carboxylic acids is 1. The number of hydrazone groups is 1. The van der Waals surface area contributed by atoms with E-state index in [9.17, 15) is 18.0 Å². The van der Waals surface area contributed by atoms with Crippen LogP contribution in [0.5, 0.6) is 0 Å². The van der Waals surface area contributed by atoms with Crippen LogP contribution in [0.15, 0.2) is 58.5 Å². The average molecular weight is 429 g/mol. The van der Waals surface area contributed by atoms with Gasteiger partial charge in [-0.05, 0) is 38.0 Å². The quantitative estimate of drug-likeness (QED) is 0.540. The van der Waals surface area contributed by atoms with E-state index in [1.165, 1.54) is 16.6 Å². The highest BCUT2D eigenvalue weighted by atomic mass is 32.2. The number of aryl methyl sites for hydroxylation is 1. The molecule has 1 amide bonds. The van der Waals surface area contributed by atoms with E-state index in [0.29, 0.717) is 18.4 Å². The zero-order valence-electron chi connectivity index (χ0n) is 16.5. The Balaban J connectivity index is 1.57. The zero-order valence-corrected chi connectivity index (χ0v) is 17.3. The minimum atomic E-state index is -3.58. The molecule has 1 heterocycles. The molecule has 2 aromatic carbocycles. The fourth-order valence-corrected chi connectivity index (χ4v) is 4.75. The van der Waals surface area contributed by atoms with Gasteiger partial charge in [-0.3, -0.25) is 4.79 Å². The van der Waals surface area contributed by atoms with Crippen LogP contribution in [0.1, 0.15) is 34.3 Å². The number of amides is 1. The molecule has 158 valence electrons. The predicted octanol–water partition coefficient (Wildman–Crippen LogP) is 2.24. The smallest absolute Gasteiger partial charge is 0.336 e. The van der Waals surface area contributed by atoms with Gasteiger partial charge in [0, 0.05) is 24.6 Å². The lowest BCUT2D eigenvalue weighted by atomic mass is 9.98. The maximum Gasteiger partial charge on any atom is 0.336 e. The number of benzene rings is 2. The second-order valence-corrected chi connectivity index (χ2v) is 9.06. The monoisotopic (exact) mass is 429 g/mol. The van der Waals surface area contributed by atoms with Crippen LogP contribution < -0.4 is 5.43 Å². The molecule has 0 spiro atoms. The van der Waals surface area contributed by atoms with E-state index in [1.807, 2.05) is 6.92 Å². The third kappa shape index (κ3) is 4.92. The van der Waals surface area contributed by atoms with Crippen molar-refractivity contribution in [3.8, 4) is 0 Å². The molecule has 1 aliphatic rings. The summed E-state index contributed by atoms with van der Waals surface area (Å²) in [6, 6.07) is 13.0. The number of nitrogens with zero attached hydrogens (tertiary/aromatic N) is 2. The van der Waals surface area contributed by atoms with Gasteiger partial charge < -0.3 is 5.11 Å². The van der Waals surface area contributed by atoms with Gasteiger partial charge in [0.15, 0.2) is 0 Å². The molecule has 2 aromatic rings. The fraction of sp³-hybridized carbons (Fsp3) is 0.286. The van der Waals surface area contributed by atoms with Gasteiger partial charge in [-0.1, -0.05) is 35.9 Å². The standard InChI is InChI=1S/C21H23N3O5S/c1-15-6-8-18(9-7-15)30(28,29)24-12-10-16(11-13-24)20(25)23-22-14-17-4-2-3-5-19(17)21(26)27/h2-9,14,16H,10-13H2,1H3,(H,23,25)(H,26,27). The molecule has 0 atom stereocenters. The summed E-state index contributed by atoms with van der Waals surface area (Å²) in [5.41, 5.74) is 3.88. The van der Waals surface area contributed by atoms with Gasteiger partial charge in [-0.2, -0.15) is 9.41 Å². The molecule has 1 fully saturated rings. The van der Waals surface area contributed by atoms with Crippen LogP contribution >= 0.6 is 0 Å². The third-order valence-electron chi connectivity index (χ3n) is 5.05. The summed E-state index contributed by atoms with van der Waals surface area (Å²) in [5, 5.41) is 13.0. The van der Waals surface area contributed by atoms with Crippen LogP contribution in [0.3, 0.4) is 0 Å². The molecule has 8 nitrogen and oxygen atoms in total. The Bertz CT molecular complexity index is 1060. The highest BCUT2D eigenvalue weighted by Crippen LogP contribution is 2.24. The van der Waals surface area contributed by atoms with Crippen LogP contribution in [0.2, 0.25) is 0 Å². The Morgan fingerprint density at radius 3 is 2.37 bits per heavy atom. The topological polar surface area (TPSA) is 116 Å². The first kappa shape index (κ1) is 21.7. The number of hydrogen-bond acceptors (Lipinski definition) is 5. The molecular formula is C21H23N3O5S. The summed E-state index contributed by atoms with van der Waals surface area (Å²) in [5.74, 6) is -1.75. The summed E-state index contributed by atoms with van der Waals surface area (Å²) >= 11 is 0. The SMILES string of the molecule is Cc1ccc(S(=O)(=O)N2CCC(C(=O)NN=Cc3ccccc3C(=O)O)CC2)cc1. The lowest BCUT2D eigenvalue weighted by Crippen LogP contribution is -2.42. The van der Waals surface area contributed by atoms with Crippen molar-refractivity contribution in [3.05, 3.63) is 65.2 Å². The Kier molecular flexibility index (Phi) is 6.63. The molecule has 2 N–H and O–H groups in total. The van der Waals surface area contributed by atoms with Gasteiger partial charge in [0.25, 0.3) is 0 Å². The lowest BCUT2D eigenvalue weighted by molar-refractivity contribution is -0.126. The first-order chi connectivity index (χ1) is 14.3. The number of rotatable bonds is 6. The number of carbonyl (C=O) groups is 2. The number of piperidine rings is 1. The molecular weight excluding hydrogens is 406 g/mol. The van der Waals surface area contributed by atoms with Crippen LogP contribution in [-0.2, 0) is 14.8 Å². The van der Waals surface area contributed by atoms with Crippen molar-refractivity contribution in [1.82, 2.24) is 9.73 Å². The van der Waals surface area contributed by atoms with Crippen molar-refractivity contribution in [2.75, 3.05) is 13.1 Å². The molecule has 0 bridgehead atoms. The minimum Gasteiger partial charge on any atom is -0.478 e. The molecule has 0 radical (unpaired) electrons. The molecule has 30 heavy (non-hydrogen) atoms. The largest absolute Gasteiger partial charge is 0.478 e. The second-order valence-electron chi connectivity index (χ2n) is 7.12. The first-order valence-corrected chi connectivity index (χ1v) is 10.9. The Labute approximate surface area is 175 Å². The Morgan fingerprint density at radius 2 is 1.73 bits per heavy atom. The van der Waals surface area contributed by atoms with Crippen LogP contribution in [0.25, 0.3) is 0 Å². The summed E-state index contributed by atoms with van der Waals surface area (Å²) in [4.78, 5) is 23.8. The van der Waals surface area contributed by atoms with Crippen LogP contribution in [0, 0.1) is 12.8 Å². The van der Waals surface area contributed by atoms with Gasteiger partial charge in [-0.25, -0.2) is 18.6 Å². The highest BCUT2D eigenvalue weighted by molar-refractivity contribution is 7.89. The average Bonchev–Trinajstić information content (AvgIpc) is 2.74. The van der Waals surface area contributed by atoms with Crippen molar-refractivity contribution >= 4 is 28.1 Å². The molecule has 0 aromatic heterocycles. The number of hydrogen-bond donors (Lipinski definition) is 2. The fourth-order valence-electron chi connectivity index (χ4n) is 3.28. The molecule has 1 saturated heterocycles. The minimum absolute atomic E-state index is 0.0881. The van der Waals surface area contributed by atoms with E-state index >= 15 is 0 Å². The first-order valence-electron chi connectivity index (χ1n) is 9.51. The number of aromatic carboxylic acids is 1. The van der Waals surface area contributed by atoms with Crippen LogP contribution in [0.4, 0.5) is 0 Å². The predicted molar refractivity (Wildman–Crippen MR) is 112 cm³/mol. The van der Waals surface area contributed by atoms with E-state index in [-0.39, 0.29) is 35.4 Å². The zero-order chi connectivity index (χ0) is 21.7. The van der Waals surface area contributed by atoms with Crippen molar-refractivity contribution < 1.29 is 23.1 Å². The Morgan fingerprint density at radius 1 is 1.10 bits per heavy atom. The third-order valence-corrected chi connectivity index (χ3v) is 6.97. The summed E-state index contributed by atoms with van der Waals surface area (Å²) in [7, 11) is -3.58. The number of carboxylic acid groups (broad SMARTS) is 1. The van der Waals surface area contributed by atoms with Gasteiger partial charge in [0.1, 0.15) is 0 Å². The molecule has 9 heteroatoms. The lowest BCUT2D eigenvalue weighted by Gasteiger charge is -2.30. The number of sulfonamides is 1. The van der Waals surface area contributed by atoms with E-state index < -0.39 is 16.0 Å². The highest BCUT2D eigenvalue weighted by Gasteiger charge is 2.32. The Hall–Kier alpha value is -3.04. The number of carbonyl (C=O) groups excluding carboxylic acids is 1. The normalized spacial score (nSPS) is 15.9. The molecule has 0 aliphatic carbocycles. The van der Waals surface area contributed by atoms with Crippen molar-refractivity contribution in [2.24, 2.45) is 11.0 Å². The number of nitrogens with one attached hydrogen (secondary N) is 1. The maximum absolute atomic E-state index is 12.7.